The number of carbonyl (C=O) groups excluding carboxylic acids is 1. The first-order valence-electron chi connectivity index (χ1n) is 7.82. The fourth-order valence-corrected chi connectivity index (χ4v) is 3.07. The first-order chi connectivity index (χ1) is 9.06. The minimum atomic E-state index is 0.132. The van der Waals surface area contributed by atoms with E-state index in [1.54, 1.807) is 0 Å². The SMILES string of the molecule is CCN(CC)CCCNC(=O)C1CC(C)CC(N)C1. The van der Waals surface area contributed by atoms with Gasteiger partial charge in [0.15, 0.2) is 0 Å². The van der Waals surface area contributed by atoms with Crippen molar-refractivity contribution in [2.24, 2.45) is 17.6 Å². The molecule has 0 aromatic rings. The van der Waals surface area contributed by atoms with Crippen LogP contribution in [-0.2, 0) is 4.79 Å². The Bertz CT molecular complexity index is 256. The second kappa shape index (κ2) is 8.54. The molecule has 0 bridgehead atoms. The summed E-state index contributed by atoms with van der Waals surface area (Å²) in [6, 6.07) is 0.204. The van der Waals surface area contributed by atoms with Crippen molar-refractivity contribution in [2.75, 3.05) is 26.2 Å². The van der Waals surface area contributed by atoms with E-state index in [9.17, 15) is 4.79 Å². The summed E-state index contributed by atoms with van der Waals surface area (Å²) in [4.78, 5) is 14.5. The van der Waals surface area contributed by atoms with Crippen LogP contribution in [0.5, 0.6) is 0 Å². The van der Waals surface area contributed by atoms with Gasteiger partial charge in [-0.15, -0.1) is 0 Å². The normalized spacial score (nSPS) is 27.5. The molecule has 0 saturated heterocycles. The predicted octanol–water partition coefficient (Wildman–Crippen LogP) is 1.60. The predicted molar refractivity (Wildman–Crippen MR) is 79.9 cm³/mol. The summed E-state index contributed by atoms with van der Waals surface area (Å²) in [5.41, 5.74) is 6.00. The van der Waals surface area contributed by atoms with Crippen LogP contribution in [0.2, 0.25) is 0 Å². The number of nitrogens with two attached hydrogens (primary N) is 1. The van der Waals surface area contributed by atoms with Gasteiger partial charge in [-0.1, -0.05) is 20.8 Å². The highest BCUT2D eigenvalue weighted by Gasteiger charge is 2.28. The molecule has 1 fully saturated rings. The Morgan fingerprint density at radius 1 is 1.26 bits per heavy atom. The van der Waals surface area contributed by atoms with Gasteiger partial charge in [-0.05, 0) is 51.2 Å². The molecule has 0 aliphatic heterocycles. The highest BCUT2D eigenvalue weighted by atomic mass is 16.1. The van der Waals surface area contributed by atoms with Crippen molar-refractivity contribution in [3.05, 3.63) is 0 Å². The standard InChI is InChI=1S/C15H31N3O/c1-4-18(5-2)8-6-7-17-15(19)13-9-12(3)10-14(16)11-13/h12-14H,4-11,16H2,1-3H3,(H,17,19). The minimum Gasteiger partial charge on any atom is -0.356 e. The lowest BCUT2D eigenvalue weighted by molar-refractivity contribution is -0.126. The average Bonchev–Trinajstić information content (AvgIpc) is 2.37. The Morgan fingerprint density at radius 3 is 2.53 bits per heavy atom. The smallest absolute Gasteiger partial charge is 0.223 e. The van der Waals surface area contributed by atoms with Gasteiger partial charge in [-0.2, -0.15) is 0 Å². The molecule has 3 atom stereocenters. The van der Waals surface area contributed by atoms with Crippen LogP contribution in [0.15, 0.2) is 0 Å². The van der Waals surface area contributed by atoms with Gasteiger partial charge < -0.3 is 16.0 Å². The third-order valence-electron chi connectivity index (χ3n) is 4.19. The molecule has 112 valence electrons. The number of rotatable bonds is 7. The molecule has 3 unspecified atom stereocenters. The maximum atomic E-state index is 12.1. The molecule has 0 heterocycles. The number of carbonyl (C=O) groups is 1. The summed E-state index contributed by atoms with van der Waals surface area (Å²) in [6.07, 6.45) is 3.94. The maximum Gasteiger partial charge on any atom is 0.223 e. The Balaban J connectivity index is 2.20. The van der Waals surface area contributed by atoms with Crippen molar-refractivity contribution < 1.29 is 4.79 Å². The van der Waals surface area contributed by atoms with Gasteiger partial charge in [0, 0.05) is 18.5 Å². The van der Waals surface area contributed by atoms with Crippen LogP contribution in [0, 0.1) is 11.8 Å². The minimum absolute atomic E-state index is 0.132. The molecule has 1 amide bonds. The summed E-state index contributed by atoms with van der Waals surface area (Å²) in [5, 5.41) is 3.08. The average molecular weight is 269 g/mol. The van der Waals surface area contributed by atoms with Crippen LogP contribution in [0.4, 0.5) is 0 Å². The van der Waals surface area contributed by atoms with Crippen LogP contribution in [0.25, 0.3) is 0 Å². The van der Waals surface area contributed by atoms with E-state index >= 15 is 0 Å². The summed E-state index contributed by atoms with van der Waals surface area (Å²) >= 11 is 0. The van der Waals surface area contributed by atoms with Gasteiger partial charge in [0.05, 0.1) is 0 Å². The Labute approximate surface area is 118 Å². The molecular weight excluding hydrogens is 238 g/mol. The van der Waals surface area contributed by atoms with Crippen LogP contribution in [-0.4, -0.2) is 43.0 Å². The molecule has 3 N–H and O–H groups in total. The van der Waals surface area contributed by atoms with Crippen molar-refractivity contribution in [2.45, 2.75) is 52.5 Å². The van der Waals surface area contributed by atoms with Crippen molar-refractivity contribution in [3.63, 3.8) is 0 Å². The Hall–Kier alpha value is -0.610. The van der Waals surface area contributed by atoms with Crippen LogP contribution < -0.4 is 11.1 Å². The Morgan fingerprint density at radius 2 is 1.95 bits per heavy atom. The molecule has 1 rings (SSSR count). The van der Waals surface area contributed by atoms with Crippen molar-refractivity contribution in [1.82, 2.24) is 10.2 Å². The zero-order valence-corrected chi connectivity index (χ0v) is 12.8. The summed E-state index contributed by atoms with van der Waals surface area (Å²) in [7, 11) is 0. The second-order valence-corrected chi connectivity index (χ2v) is 5.94. The lowest BCUT2D eigenvalue weighted by Crippen LogP contribution is -2.40. The van der Waals surface area contributed by atoms with E-state index in [0.29, 0.717) is 5.92 Å². The van der Waals surface area contributed by atoms with E-state index in [1.165, 1.54) is 0 Å². The van der Waals surface area contributed by atoms with E-state index in [0.717, 1.165) is 51.9 Å². The molecule has 1 saturated carbocycles. The fraction of sp³-hybridized carbons (Fsp3) is 0.933. The third kappa shape index (κ3) is 5.91. The molecule has 4 nitrogen and oxygen atoms in total. The molecule has 0 spiro atoms. The topological polar surface area (TPSA) is 58.4 Å². The monoisotopic (exact) mass is 269 g/mol. The largest absolute Gasteiger partial charge is 0.356 e. The first-order valence-corrected chi connectivity index (χ1v) is 7.82. The zero-order chi connectivity index (χ0) is 14.3. The second-order valence-electron chi connectivity index (χ2n) is 5.94. The number of nitrogens with one attached hydrogen (secondary N) is 1. The van der Waals surface area contributed by atoms with Gasteiger partial charge in [0.2, 0.25) is 5.91 Å². The summed E-state index contributed by atoms with van der Waals surface area (Å²) in [6.45, 7) is 10.6. The summed E-state index contributed by atoms with van der Waals surface area (Å²) in [5.74, 6) is 0.920. The molecule has 4 heteroatoms. The van der Waals surface area contributed by atoms with E-state index < -0.39 is 0 Å². The third-order valence-corrected chi connectivity index (χ3v) is 4.19. The lowest BCUT2D eigenvalue weighted by Gasteiger charge is -2.30. The maximum absolute atomic E-state index is 12.1. The van der Waals surface area contributed by atoms with Crippen LogP contribution >= 0.6 is 0 Å². The van der Waals surface area contributed by atoms with Gasteiger partial charge in [-0.25, -0.2) is 0 Å². The van der Waals surface area contributed by atoms with Crippen molar-refractivity contribution >= 4 is 5.91 Å². The molecule has 0 aromatic carbocycles. The first kappa shape index (κ1) is 16.4. The van der Waals surface area contributed by atoms with E-state index in [-0.39, 0.29) is 17.9 Å². The molecule has 1 aliphatic rings. The molecule has 0 aromatic heterocycles. The van der Waals surface area contributed by atoms with Gasteiger partial charge in [-0.3, -0.25) is 4.79 Å². The van der Waals surface area contributed by atoms with E-state index in [4.69, 9.17) is 5.73 Å². The van der Waals surface area contributed by atoms with Gasteiger partial charge in [0.1, 0.15) is 0 Å². The highest BCUT2D eigenvalue weighted by Crippen LogP contribution is 2.27. The van der Waals surface area contributed by atoms with Gasteiger partial charge >= 0.3 is 0 Å². The fourth-order valence-electron chi connectivity index (χ4n) is 3.07. The highest BCUT2D eigenvalue weighted by molar-refractivity contribution is 5.78. The van der Waals surface area contributed by atoms with E-state index in [1.807, 2.05) is 0 Å². The molecule has 1 aliphatic carbocycles. The van der Waals surface area contributed by atoms with Crippen LogP contribution in [0.1, 0.15) is 46.5 Å². The number of amides is 1. The number of hydrogen-bond acceptors (Lipinski definition) is 3. The van der Waals surface area contributed by atoms with Crippen molar-refractivity contribution in [3.8, 4) is 0 Å². The number of hydrogen-bond donors (Lipinski definition) is 2. The van der Waals surface area contributed by atoms with Crippen LogP contribution in [0.3, 0.4) is 0 Å². The lowest BCUT2D eigenvalue weighted by atomic mass is 9.79. The van der Waals surface area contributed by atoms with E-state index in [2.05, 4.69) is 31.0 Å². The molecule has 19 heavy (non-hydrogen) atoms. The zero-order valence-electron chi connectivity index (χ0n) is 12.8. The molecule has 0 radical (unpaired) electrons. The molecular formula is C15H31N3O. The van der Waals surface area contributed by atoms with Crippen molar-refractivity contribution in [1.29, 1.82) is 0 Å². The van der Waals surface area contributed by atoms with Gasteiger partial charge in [0.25, 0.3) is 0 Å². The quantitative estimate of drug-likeness (QED) is 0.690. The Kier molecular flexibility index (Phi) is 7.39. The number of nitrogens with zero attached hydrogens (tertiary/aromatic N) is 1. The summed E-state index contributed by atoms with van der Waals surface area (Å²) < 4.78 is 0.